The Morgan fingerprint density at radius 1 is 0.971 bits per heavy atom. The van der Waals surface area contributed by atoms with Crippen LogP contribution in [0.15, 0.2) is 42.5 Å². The monoisotopic (exact) mass is 458 g/mol. The van der Waals surface area contributed by atoms with E-state index in [1.165, 1.54) is 34.9 Å². The van der Waals surface area contributed by atoms with Gasteiger partial charge in [0.2, 0.25) is 0 Å². The first-order chi connectivity index (χ1) is 16.8. The number of ether oxygens (including phenoxy) is 1. The van der Waals surface area contributed by atoms with Crippen LogP contribution in [0, 0.1) is 0 Å². The van der Waals surface area contributed by atoms with Gasteiger partial charge in [0.1, 0.15) is 12.4 Å². The fourth-order valence-corrected chi connectivity index (χ4v) is 5.64. The van der Waals surface area contributed by atoms with Crippen LogP contribution < -0.4 is 19.9 Å². The SMILES string of the molecule is CN1CCC[C@H]1COc1nc2c(c(N3CCNCC3)n1)CCN(c1cccc3ccccc13)C2. The van der Waals surface area contributed by atoms with Crippen molar-refractivity contribution in [3.8, 4) is 6.01 Å². The molecule has 34 heavy (non-hydrogen) atoms. The van der Waals surface area contributed by atoms with Crippen LogP contribution in [0.1, 0.15) is 24.1 Å². The minimum atomic E-state index is 0.453. The number of likely N-dealkylation sites (tertiary alicyclic amines) is 1. The summed E-state index contributed by atoms with van der Waals surface area (Å²) < 4.78 is 6.24. The van der Waals surface area contributed by atoms with Gasteiger partial charge in [0, 0.05) is 55.4 Å². The molecule has 0 amide bonds. The van der Waals surface area contributed by atoms with Crippen molar-refractivity contribution in [1.29, 1.82) is 0 Å². The Kier molecular flexibility index (Phi) is 5.97. The highest BCUT2D eigenvalue weighted by atomic mass is 16.5. The molecule has 7 heteroatoms. The Bertz CT molecular complexity index is 1160. The van der Waals surface area contributed by atoms with Crippen molar-refractivity contribution in [2.45, 2.75) is 31.8 Å². The van der Waals surface area contributed by atoms with E-state index in [1.54, 1.807) is 0 Å². The molecule has 2 saturated heterocycles. The lowest BCUT2D eigenvalue weighted by atomic mass is 10.0. The van der Waals surface area contributed by atoms with Crippen molar-refractivity contribution in [1.82, 2.24) is 20.2 Å². The zero-order chi connectivity index (χ0) is 22.9. The number of aromatic nitrogens is 2. The number of benzene rings is 2. The molecule has 3 aliphatic rings. The average Bonchev–Trinajstić information content (AvgIpc) is 3.31. The minimum Gasteiger partial charge on any atom is -0.462 e. The molecule has 0 unspecified atom stereocenters. The highest BCUT2D eigenvalue weighted by Gasteiger charge is 2.28. The van der Waals surface area contributed by atoms with Gasteiger partial charge in [-0.05, 0) is 44.3 Å². The van der Waals surface area contributed by atoms with E-state index in [0.29, 0.717) is 18.7 Å². The first-order valence-corrected chi connectivity index (χ1v) is 12.7. The molecule has 4 heterocycles. The van der Waals surface area contributed by atoms with Crippen LogP contribution in [-0.4, -0.2) is 73.8 Å². The molecular weight excluding hydrogens is 424 g/mol. The molecule has 6 rings (SSSR count). The van der Waals surface area contributed by atoms with E-state index in [9.17, 15) is 0 Å². The number of fused-ring (bicyclic) bond motifs is 2. The maximum Gasteiger partial charge on any atom is 0.318 e. The molecule has 2 fully saturated rings. The molecule has 0 saturated carbocycles. The number of anilines is 2. The topological polar surface area (TPSA) is 56.8 Å². The lowest BCUT2D eigenvalue weighted by molar-refractivity contribution is 0.187. The molecule has 7 nitrogen and oxygen atoms in total. The van der Waals surface area contributed by atoms with E-state index in [4.69, 9.17) is 14.7 Å². The van der Waals surface area contributed by atoms with Crippen LogP contribution in [0.3, 0.4) is 0 Å². The Balaban J connectivity index is 1.32. The van der Waals surface area contributed by atoms with E-state index in [2.05, 4.69) is 69.5 Å². The summed E-state index contributed by atoms with van der Waals surface area (Å²) in [6.45, 7) is 7.48. The van der Waals surface area contributed by atoms with Gasteiger partial charge in [-0.3, -0.25) is 0 Å². The number of hydrogen-bond acceptors (Lipinski definition) is 7. The normalized spacial score (nSPS) is 21.1. The maximum atomic E-state index is 6.24. The van der Waals surface area contributed by atoms with Crippen LogP contribution in [0.2, 0.25) is 0 Å². The van der Waals surface area contributed by atoms with Gasteiger partial charge in [-0.1, -0.05) is 36.4 Å². The van der Waals surface area contributed by atoms with Gasteiger partial charge in [0.05, 0.1) is 12.2 Å². The van der Waals surface area contributed by atoms with Gasteiger partial charge in [0.15, 0.2) is 0 Å². The second kappa shape index (κ2) is 9.39. The smallest absolute Gasteiger partial charge is 0.318 e. The summed E-state index contributed by atoms with van der Waals surface area (Å²) in [6.07, 6.45) is 3.37. The van der Waals surface area contributed by atoms with E-state index in [-0.39, 0.29) is 0 Å². The zero-order valence-corrected chi connectivity index (χ0v) is 20.0. The fraction of sp³-hybridized carbons (Fsp3) is 0.481. The van der Waals surface area contributed by atoms with Gasteiger partial charge in [-0.25, -0.2) is 0 Å². The van der Waals surface area contributed by atoms with Gasteiger partial charge in [-0.15, -0.1) is 0 Å². The molecule has 0 aliphatic carbocycles. The molecule has 178 valence electrons. The van der Waals surface area contributed by atoms with Crippen LogP contribution in [0.4, 0.5) is 11.5 Å². The number of likely N-dealkylation sites (N-methyl/N-ethyl adjacent to an activating group) is 1. The van der Waals surface area contributed by atoms with Crippen molar-refractivity contribution < 1.29 is 4.74 Å². The number of hydrogen-bond donors (Lipinski definition) is 1. The van der Waals surface area contributed by atoms with Crippen LogP contribution in [-0.2, 0) is 13.0 Å². The lowest BCUT2D eigenvalue weighted by Gasteiger charge is -2.35. The van der Waals surface area contributed by atoms with E-state index in [1.807, 2.05) is 0 Å². The third kappa shape index (κ3) is 4.18. The Labute approximate surface area is 201 Å². The molecule has 2 aromatic carbocycles. The Morgan fingerprint density at radius 3 is 2.68 bits per heavy atom. The van der Waals surface area contributed by atoms with Gasteiger partial charge in [-0.2, -0.15) is 9.97 Å². The van der Waals surface area contributed by atoms with Crippen LogP contribution >= 0.6 is 0 Å². The molecule has 1 aromatic heterocycles. The molecule has 1 atom stereocenters. The van der Waals surface area contributed by atoms with Gasteiger partial charge < -0.3 is 24.8 Å². The maximum absolute atomic E-state index is 6.24. The quantitative estimate of drug-likeness (QED) is 0.631. The Hall–Kier alpha value is -2.90. The summed E-state index contributed by atoms with van der Waals surface area (Å²) in [5.74, 6) is 1.08. The molecule has 1 N–H and O–H groups in total. The second-order valence-electron chi connectivity index (χ2n) is 9.75. The van der Waals surface area contributed by atoms with Gasteiger partial charge >= 0.3 is 6.01 Å². The lowest BCUT2D eigenvalue weighted by Crippen LogP contribution is -2.45. The molecule has 3 aromatic rings. The zero-order valence-electron chi connectivity index (χ0n) is 20.0. The predicted octanol–water partition coefficient (Wildman–Crippen LogP) is 3.08. The number of nitrogens with one attached hydrogen (secondary N) is 1. The highest BCUT2D eigenvalue weighted by molar-refractivity contribution is 5.94. The molecule has 3 aliphatic heterocycles. The number of rotatable bonds is 5. The summed E-state index contributed by atoms with van der Waals surface area (Å²) in [7, 11) is 2.18. The summed E-state index contributed by atoms with van der Waals surface area (Å²) >= 11 is 0. The van der Waals surface area contributed by atoms with E-state index < -0.39 is 0 Å². The first kappa shape index (κ1) is 21.6. The summed E-state index contributed by atoms with van der Waals surface area (Å²) in [6, 6.07) is 16.2. The van der Waals surface area contributed by atoms with Crippen LogP contribution in [0.25, 0.3) is 10.8 Å². The number of nitrogens with zero attached hydrogens (tertiary/aromatic N) is 5. The molecule has 0 bridgehead atoms. The van der Waals surface area contributed by atoms with Crippen LogP contribution in [0.5, 0.6) is 6.01 Å². The molecular formula is C27H34N6O. The summed E-state index contributed by atoms with van der Waals surface area (Å²) in [5, 5.41) is 6.04. The highest BCUT2D eigenvalue weighted by Crippen LogP contribution is 2.34. The largest absolute Gasteiger partial charge is 0.462 e. The second-order valence-corrected chi connectivity index (χ2v) is 9.75. The van der Waals surface area contributed by atoms with E-state index in [0.717, 1.165) is 63.7 Å². The fourth-order valence-electron chi connectivity index (χ4n) is 5.64. The Morgan fingerprint density at radius 2 is 1.82 bits per heavy atom. The van der Waals surface area contributed by atoms with Crippen molar-refractivity contribution in [3.63, 3.8) is 0 Å². The van der Waals surface area contributed by atoms with Crippen molar-refractivity contribution >= 4 is 22.3 Å². The summed E-state index contributed by atoms with van der Waals surface area (Å²) in [5.41, 5.74) is 3.68. The third-order valence-corrected chi connectivity index (χ3v) is 7.62. The number of piperazine rings is 1. The third-order valence-electron chi connectivity index (χ3n) is 7.62. The molecule has 0 spiro atoms. The summed E-state index contributed by atoms with van der Waals surface area (Å²) in [4.78, 5) is 17.2. The average molecular weight is 459 g/mol. The van der Waals surface area contributed by atoms with Crippen molar-refractivity contribution in [3.05, 3.63) is 53.7 Å². The van der Waals surface area contributed by atoms with Gasteiger partial charge in [0.25, 0.3) is 0 Å². The van der Waals surface area contributed by atoms with E-state index >= 15 is 0 Å². The standard InChI is InChI=1S/C27H34N6O/c1-31-14-5-8-21(31)19-34-27-29-24-18-33(25-10-4-7-20-6-2-3-9-22(20)25)15-11-23(24)26(30-27)32-16-12-28-13-17-32/h2-4,6-7,9-10,21,28H,5,8,11-19H2,1H3/t21-/m0/s1. The van der Waals surface area contributed by atoms with Crippen molar-refractivity contribution in [2.24, 2.45) is 0 Å². The van der Waals surface area contributed by atoms with Crippen molar-refractivity contribution in [2.75, 3.05) is 62.7 Å². The predicted molar refractivity (Wildman–Crippen MR) is 137 cm³/mol. The minimum absolute atomic E-state index is 0.453. The molecule has 0 radical (unpaired) electrons. The first-order valence-electron chi connectivity index (χ1n) is 12.7.